The lowest BCUT2D eigenvalue weighted by atomic mass is 10.0. The first kappa shape index (κ1) is 16.6. The summed E-state index contributed by atoms with van der Waals surface area (Å²) in [5.41, 5.74) is 2.34. The zero-order chi connectivity index (χ0) is 15.6. The van der Waals surface area contributed by atoms with Crippen molar-refractivity contribution >= 4 is 6.03 Å². The number of aliphatic hydroxyl groups is 1. The Morgan fingerprint density at radius 1 is 1.27 bits per heavy atom. The maximum absolute atomic E-state index is 11.6. The van der Waals surface area contributed by atoms with Crippen LogP contribution in [0.3, 0.4) is 0 Å². The lowest BCUT2D eigenvalue weighted by Gasteiger charge is -2.21. The van der Waals surface area contributed by atoms with Gasteiger partial charge in [-0.25, -0.2) is 10.3 Å². The molecule has 2 amide bonds. The summed E-state index contributed by atoms with van der Waals surface area (Å²) in [5.74, 6) is 1.09. The first-order valence-corrected chi connectivity index (χ1v) is 7.78. The van der Waals surface area contributed by atoms with Crippen LogP contribution < -0.4 is 15.5 Å². The summed E-state index contributed by atoms with van der Waals surface area (Å²) in [7, 11) is 0. The van der Waals surface area contributed by atoms with Crippen LogP contribution in [-0.4, -0.2) is 37.0 Å². The lowest BCUT2D eigenvalue weighted by molar-refractivity contribution is -0.0612. The number of hydroxylamine groups is 1. The van der Waals surface area contributed by atoms with Crippen LogP contribution in [0, 0.1) is 5.92 Å². The summed E-state index contributed by atoms with van der Waals surface area (Å²) >= 11 is 0. The Bertz CT molecular complexity index is 435. The summed E-state index contributed by atoms with van der Waals surface area (Å²) in [6.07, 6.45) is 4.08. The van der Waals surface area contributed by atoms with Gasteiger partial charge in [0.05, 0.1) is 13.2 Å². The highest BCUT2D eigenvalue weighted by atomic mass is 16.7. The average Bonchev–Trinajstić information content (AvgIpc) is 3.07. The number of nitrogens with one attached hydrogen (secondary N) is 2. The summed E-state index contributed by atoms with van der Waals surface area (Å²) in [4.78, 5) is 16.9. The number of ether oxygens (including phenoxy) is 1. The average molecular weight is 308 g/mol. The third-order valence-electron chi connectivity index (χ3n) is 3.81. The second kappa shape index (κ2) is 9.27. The van der Waals surface area contributed by atoms with Crippen LogP contribution in [0.1, 0.15) is 25.7 Å². The largest absolute Gasteiger partial charge is 0.492 e. The topological polar surface area (TPSA) is 79.8 Å². The number of hydrogen-bond acceptors (Lipinski definition) is 4. The zero-order valence-electron chi connectivity index (χ0n) is 12.7. The minimum Gasteiger partial charge on any atom is -0.492 e. The van der Waals surface area contributed by atoms with Crippen molar-refractivity contribution in [2.45, 2.75) is 31.8 Å². The van der Waals surface area contributed by atoms with Gasteiger partial charge in [0.15, 0.2) is 0 Å². The van der Waals surface area contributed by atoms with E-state index in [-0.39, 0.29) is 12.7 Å². The van der Waals surface area contributed by atoms with E-state index in [2.05, 4.69) is 10.8 Å². The quantitative estimate of drug-likeness (QED) is 0.506. The number of aliphatic hydroxyl groups excluding tert-OH is 1. The number of carbonyl (C=O) groups is 1. The SMILES string of the molecule is O=C(NCCOc1ccccc1)NOC(CO)C1CCCC1. The molecule has 1 aliphatic rings. The van der Waals surface area contributed by atoms with Gasteiger partial charge in [-0.05, 0) is 30.9 Å². The molecule has 1 aromatic carbocycles. The summed E-state index contributed by atoms with van der Waals surface area (Å²) in [6.45, 7) is 0.670. The molecule has 6 heteroatoms. The molecule has 0 aromatic heterocycles. The van der Waals surface area contributed by atoms with E-state index in [0.29, 0.717) is 19.1 Å². The highest BCUT2D eigenvalue weighted by Crippen LogP contribution is 2.28. The fraction of sp³-hybridized carbons (Fsp3) is 0.562. The van der Waals surface area contributed by atoms with Gasteiger partial charge in [0.1, 0.15) is 18.5 Å². The number of hydrogen-bond donors (Lipinski definition) is 3. The van der Waals surface area contributed by atoms with E-state index in [9.17, 15) is 9.90 Å². The molecule has 0 spiro atoms. The van der Waals surface area contributed by atoms with Crippen molar-refractivity contribution < 1.29 is 19.5 Å². The van der Waals surface area contributed by atoms with Crippen molar-refractivity contribution in [3.63, 3.8) is 0 Å². The van der Waals surface area contributed by atoms with Crippen molar-refractivity contribution in [1.29, 1.82) is 0 Å². The van der Waals surface area contributed by atoms with Gasteiger partial charge in [0, 0.05) is 0 Å². The molecule has 2 rings (SSSR count). The van der Waals surface area contributed by atoms with E-state index in [4.69, 9.17) is 9.57 Å². The lowest BCUT2D eigenvalue weighted by Crippen LogP contribution is -2.42. The first-order valence-electron chi connectivity index (χ1n) is 7.78. The van der Waals surface area contributed by atoms with Crippen LogP contribution in [0.5, 0.6) is 5.75 Å². The van der Waals surface area contributed by atoms with Crippen molar-refractivity contribution in [1.82, 2.24) is 10.8 Å². The highest BCUT2D eigenvalue weighted by Gasteiger charge is 2.26. The molecule has 1 saturated carbocycles. The molecular formula is C16H24N2O4. The molecule has 0 saturated heterocycles. The van der Waals surface area contributed by atoms with Gasteiger partial charge >= 0.3 is 6.03 Å². The number of amides is 2. The van der Waals surface area contributed by atoms with Crippen LogP contribution in [-0.2, 0) is 4.84 Å². The molecule has 0 bridgehead atoms. The summed E-state index contributed by atoms with van der Waals surface area (Å²) < 4.78 is 5.46. The van der Waals surface area contributed by atoms with Gasteiger partial charge < -0.3 is 15.2 Å². The van der Waals surface area contributed by atoms with Crippen LogP contribution >= 0.6 is 0 Å². The molecule has 1 atom stereocenters. The number of benzene rings is 1. The van der Waals surface area contributed by atoms with Gasteiger partial charge in [0.25, 0.3) is 0 Å². The van der Waals surface area contributed by atoms with E-state index < -0.39 is 6.03 Å². The Balaban J connectivity index is 1.57. The molecule has 6 nitrogen and oxygen atoms in total. The third kappa shape index (κ3) is 5.54. The van der Waals surface area contributed by atoms with Crippen LogP contribution in [0.25, 0.3) is 0 Å². The van der Waals surface area contributed by atoms with Crippen LogP contribution in [0.15, 0.2) is 30.3 Å². The number of rotatable bonds is 8. The van der Waals surface area contributed by atoms with Crippen molar-refractivity contribution in [3.8, 4) is 5.75 Å². The Labute approximate surface area is 130 Å². The fourth-order valence-corrected chi connectivity index (χ4v) is 2.63. The van der Waals surface area contributed by atoms with E-state index in [1.165, 1.54) is 0 Å². The fourth-order valence-electron chi connectivity index (χ4n) is 2.63. The minimum absolute atomic E-state index is 0.0813. The molecule has 3 N–H and O–H groups in total. The molecule has 1 aliphatic carbocycles. The van der Waals surface area contributed by atoms with Gasteiger partial charge in [-0.1, -0.05) is 31.0 Å². The smallest absolute Gasteiger partial charge is 0.338 e. The highest BCUT2D eigenvalue weighted by molar-refractivity contribution is 5.72. The van der Waals surface area contributed by atoms with E-state index in [0.717, 1.165) is 31.4 Å². The van der Waals surface area contributed by atoms with Gasteiger partial charge in [-0.15, -0.1) is 0 Å². The Morgan fingerprint density at radius 3 is 2.68 bits per heavy atom. The number of urea groups is 1. The zero-order valence-corrected chi connectivity index (χ0v) is 12.7. The van der Waals surface area contributed by atoms with Crippen molar-refractivity contribution in [3.05, 3.63) is 30.3 Å². The van der Waals surface area contributed by atoms with E-state index >= 15 is 0 Å². The van der Waals surface area contributed by atoms with E-state index in [1.807, 2.05) is 30.3 Å². The molecular weight excluding hydrogens is 284 g/mol. The van der Waals surface area contributed by atoms with Crippen LogP contribution in [0.2, 0.25) is 0 Å². The normalized spacial score (nSPS) is 16.2. The molecule has 1 unspecified atom stereocenters. The summed E-state index contributed by atoms with van der Waals surface area (Å²) in [6, 6.07) is 8.99. The Morgan fingerprint density at radius 2 is 2.00 bits per heavy atom. The third-order valence-corrected chi connectivity index (χ3v) is 3.81. The van der Waals surface area contributed by atoms with Crippen LogP contribution in [0.4, 0.5) is 4.79 Å². The predicted molar refractivity (Wildman–Crippen MR) is 82.4 cm³/mol. The number of carbonyl (C=O) groups excluding carboxylic acids is 1. The second-order valence-electron chi connectivity index (χ2n) is 5.40. The maximum Gasteiger partial charge on any atom is 0.338 e. The molecule has 0 aliphatic heterocycles. The molecule has 22 heavy (non-hydrogen) atoms. The maximum atomic E-state index is 11.6. The number of para-hydroxylation sites is 1. The molecule has 1 fully saturated rings. The Kier molecular flexibility index (Phi) is 6.99. The minimum atomic E-state index is -0.423. The molecule has 1 aromatic rings. The standard InChI is InChI=1S/C16H24N2O4/c19-12-15(13-6-4-5-7-13)22-18-16(20)17-10-11-21-14-8-2-1-3-9-14/h1-3,8-9,13,15,19H,4-7,10-12H2,(H2,17,18,20). The second-order valence-corrected chi connectivity index (χ2v) is 5.40. The predicted octanol–water partition coefficient (Wildman–Crippen LogP) is 1.85. The van der Waals surface area contributed by atoms with Gasteiger partial charge in [0.2, 0.25) is 0 Å². The first-order chi connectivity index (χ1) is 10.8. The van der Waals surface area contributed by atoms with Crippen molar-refractivity contribution in [2.75, 3.05) is 19.8 Å². The monoisotopic (exact) mass is 308 g/mol. The molecule has 122 valence electrons. The summed E-state index contributed by atoms with van der Waals surface area (Å²) in [5, 5.41) is 12.0. The van der Waals surface area contributed by atoms with E-state index in [1.54, 1.807) is 0 Å². The molecule has 0 radical (unpaired) electrons. The molecule has 0 heterocycles. The Hall–Kier alpha value is -1.79. The van der Waals surface area contributed by atoms with Gasteiger partial charge in [-0.3, -0.25) is 4.84 Å². The van der Waals surface area contributed by atoms with Crippen molar-refractivity contribution in [2.24, 2.45) is 5.92 Å². The van der Waals surface area contributed by atoms with Gasteiger partial charge in [-0.2, -0.15) is 0 Å².